The quantitative estimate of drug-likeness (QED) is 0.889. The number of carbonyl (C=O) groups excluding carboxylic acids is 1. The summed E-state index contributed by atoms with van der Waals surface area (Å²) in [6.45, 7) is 2.34. The fourth-order valence-corrected chi connectivity index (χ4v) is 2.12. The smallest absolute Gasteiger partial charge is 0.369 e. The van der Waals surface area contributed by atoms with Crippen molar-refractivity contribution < 1.29 is 18.0 Å². The number of rotatable bonds is 3. The van der Waals surface area contributed by atoms with Crippen molar-refractivity contribution in [2.45, 2.75) is 6.18 Å². The molecule has 0 unspecified atom stereocenters. The van der Waals surface area contributed by atoms with Crippen molar-refractivity contribution in [3.8, 4) is 0 Å². The van der Waals surface area contributed by atoms with Crippen molar-refractivity contribution in [2.75, 3.05) is 37.6 Å². The van der Waals surface area contributed by atoms with Gasteiger partial charge in [-0.05, 0) is 12.1 Å². The standard InChI is InChI=1S/C12H15F3N4O/c13-12(14,15)9-1-2-17-11(7-9)19-5-3-18(4-6-19)8-10(16)20/h1-2,7H,3-6,8H2,(H2,16,20). The molecule has 0 atom stereocenters. The summed E-state index contributed by atoms with van der Waals surface area (Å²) in [5, 5.41) is 0. The van der Waals surface area contributed by atoms with Gasteiger partial charge in [-0.25, -0.2) is 4.98 Å². The van der Waals surface area contributed by atoms with Crippen molar-refractivity contribution >= 4 is 11.7 Å². The molecule has 0 spiro atoms. The number of pyridine rings is 1. The Morgan fingerprint density at radius 3 is 2.50 bits per heavy atom. The Morgan fingerprint density at radius 1 is 1.30 bits per heavy atom. The molecule has 8 heteroatoms. The van der Waals surface area contributed by atoms with E-state index >= 15 is 0 Å². The van der Waals surface area contributed by atoms with E-state index in [1.54, 1.807) is 4.90 Å². The maximum atomic E-state index is 12.6. The van der Waals surface area contributed by atoms with Gasteiger partial charge in [0.15, 0.2) is 0 Å². The molecule has 1 aromatic rings. The van der Waals surface area contributed by atoms with Gasteiger partial charge in [0.25, 0.3) is 0 Å². The maximum absolute atomic E-state index is 12.6. The first kappa shape index (κ1) is 14.6. The first-order chi connectivity index (χ1) is 9.36. The van der Waals surface area contributed by atoms with Gasteiger partial charge in [0.1, 0.15) is 5.82 Å². The highest BCUT2D eigenvalue weighted by Crippen LogP contribution is 2.30. The predicted molar refractivity (Wildman–Crippen MR) is 67.1 cm³/mol. The predicted octanol–water partition coefficient (Wildman–Crippen LogP) is 0.708. The molecule has 1 aromatic heterocycles. The van der Waals surface area contributed by atoms with Crippen molar-refractivity contribution in [1.82, 2.24) is 9.88 Å². The number of piperazine rings is 1. The zero-order chi connectivity index (χ0) is 14.8. The second-order valence-corrected chi connectivity index (χ2v) is 4.63. The molecule has 110 valence electrons. The summed E-state index contributed by atoms with van der Waals surface area (Å²) in [6.07, 6.45) is -3.21. The number of amides is 1. The lowest BCUT2D eigenvalue weighted by molar-refractivity contribution is -0.137. The van der Waals surface area contributed by atoms with Gasteiger partial charge in [0.2, 0.25) is 5.91 Å². The van der Waals surface area contributed by atoms with Gasteiger partial charge in [0.05, 0.1) is 12.1 Å². The third-order valence-electron chi connectivity index (χ3n) is 3.15. The third kappa shape index (κ3) is 3.60. The number of hydrogen-bond donors (Lipinski definition) is 1. The van der Waals surface area contributed by atoms with Crippen LogP contribution in [-0.4, -0.2) is 48.5 Å². The number of hydrogen-bond acceptors (Lipinski definition) is 4. The molecule has 2 heterocycles. The van der Waals surface area contributed by atoms with Gasteiger partial charge >= 0.3 is 6.18 Å². The van der Waals surface area contributed by atoms with Crippen LogP contribution >= 0.6 is 0 Å². The van der Waals surface area contributed by atoms with Gasteiger partial charge in [-0.2, -0.15) is 13.2 Å². The van der Waals surface area contributed by atoms with Crippen LogP contribution in [0.4, 0.5) is 19.0 Å². The fraction of sp³-hybridized carbons (Fsp3) is 0.500. The second kappa shape index (κ2) is 5.66. The topological polar surface area (TPSA) is 62.5 Å². The first-order valence-corrected chi connectivity index (χ1v) is 6.15. The number of alkyl halides is 3. The summed E-state index contributed by atoms with van der Waals surface area (Å²) in [6, 6.07) is 2.00. The molecule has 1 aliphatic heterocycles. The molecular formula is C12H15F3N4O. The summed E-state index contributed by atoms with van der Waals surface area (Å²) >= 11 is 0. The van der Waals surface area contributed by atoms with E-state index < -0.39 is 17.6 Å². The SMILES string of the molecule is NC(=O)CN1CCN(c2cc(C(F)(F)F)ccn2)CC1. The first-order valence-electron chi connectivity index (χ1n) is 6.15. The van der Waals surface area contributed by atoms with E-state index in [1.807, 2.05) is 4.90 Å². The normalized spacial score (nSPS) is 17.2. The molecular weight excluding hydrogens is 273 g/mol. The van der Waals surface area contributed by atoms with E-state index in [0.717, 1.165) is 18.3 Å². The van der Waals surface area contributed by atoms with Crippen LogP contribution in [0.2, 0.25) is 0 Å². The maximum Gasteiger partial charge on any atom is 0.416 e. The number of aromatic nitrogens is 1. The van der Waals surface area contributed by atoms with Gasteiger partial charge in [0, 0.05) is 32.4 Å². The lowest BCUT2D eigenvalue weighted by atomic mass is 10.2. The molecule has 20 heavy (non-hydrogen) atoms. The molecule has 0 radical (unpaired) electrons. The minimum absolute atomic E-state index is 0.170. The molecule has 1 aliphatic rings. The summed E-state index contributed by atoms with van der Waals surface area (Å²) in [7, 11) is 0. The van der Waals surface area contributed by atoms with Gasteiger partial charge in [-0.15, -0.1) is 0 Å². The van der Waals surface area contributed by atoms with Crippen LogP contribution in [0.15, 0.2) is 18.3 Å². The van der Waals surface area contributed by atoms with Crippen LogP contribution in [0.3, 0.4) is 0 Å². The average Bonchev–Trinajstić information content (AvgIpc) is 2.38. The summed E-state index contributed by atoms with van der Waals surface area (Å²) in [5.74, 6) is -0.103. The van der Waals surface area contributed by atoms with Gasteiger partial charge < -0.3 is 10.6 Å². The number of anilines is 1. The highest BCUT2D eigenvalue weighted by molar-refractivity contribution is 5.75. The van der Waals surface area contributed by atoms with Crippen LogP contribution in [0, 0.1) is 0 Å². The molecule has 5 nitrogen and oxygen atoms in total. The monoisotopic (exact) mass is 288 g/mol. The largest absolute Gasteiger partial charge is 0.416 e. The van der Waals surface area contributed by atoms with Crippen LogP contribution in [0.25, 0.3) is 0 Å². The Kier molecular flexibility index (Phi) is 4.12. The molecule has 0 aliphatic carbocycles. The Bertz CT molecular complexity index is 484. The van der Waals surface area contributed by atoms with Crippen molar-refractivity contribution in [2.24, 2.45) is 5.73 Å². The van der Waals surface area contributed by atoms with E-state index in [9.17, 15) is 18.0 Å². The molecule has 2 N–H and O–H groups in total. The minimum Gasteiger partial charge on any atom is -0.369 e. The molecule has 1 amide bonds. The number of nitrogens with zero attached hydrogens (tertiary/aromatic N) is 3. The van der Waals surface area contributed by atoms with Crippen LogP contribution in [0.5, 0.6) is 0 Å². The van der Waals surface area contributed by atoms with Gasteiger partial charge in [-0.1, -0.05) is 0 Å². The van der Waals surface area contributed by atoms with Crippen LogP contribution in [-0.2, 0) is 11.0 Å². The van der Waals surface area contributed by atoms with E-state index in [1.165, 1.54) is 0 Å². The molecule has 0 bridgehead atoms. The number of halogens is 3. The fourth-order valence-electron chi connectivity index (χ4n) is 2.12. The molecule has 1 fully saturated rings. The van der Waals surface area contributed by atoms with E-state index in [2.05, 4.69) is 4.98 Å². The zero-order valence-electron chi connectivity index (χ0n) is 10.7. The molecule has 2 rings (SSSR count). The minimum atomic E-state index is -4.37. The molecule has 1 saturated heterocycles. The Labute approximate surface area is 114 Å². The highest BCUT2D eigenvalue weighted by atomic mass is 19.4. The number of primary amides is 1. The van der Waals surface area contributed by atoms with Crippen molar-refractivity contribution in [3.05, 3.63) is 23.9 Å². The Balaban J connectivity index is 2.02. The van der Waals surface area contributed by atoms with E-state index in [4.69, 9.17) is 5.73 Å². The number of carbonyl (C=O) groups is 1. The third-order valence-corrected chi connectivity index (χ3v) is 3.15. The second-order valence-electron chi connectivity index (χ2n) is 4.63. The Hall–Kier alpha value is -1.83. The summed E-state index contributed by atoms with van der Waals surface area (Å²) in [5.41, 5.74) is 4.40. The molecule has 0 aromatic carbocycles. The van der Waals surface area contributed by atoms with E-state index in [-0.39, 0.29) is 6.54 Å². The lowest BCUT2D eigenvalue weighted by Crippen LogP contribution is -2.49. The van der Waals surface area contributed by atoms with Crippen molar-refractivity contribution in [3.63, 3.8) is 0 Å². The van der Waals surface area contributed by atoms with Gasteiger partial charge in [-0.3, -0.25) is 9.69 Å². The highest BCUT2D eigenvalue weighted by Gasteiger charge is 2.31. The average molecular weight is 288 g/mol. The van der Waals surface area contributed by atoms with E-state index in [0.29, 0.717) is 32.0 Å². The van der Waals surface area contributed by atoms with Crippen LogP contribution in [0.1, 0.15) is 5.56 Å². The molecule has 0 saturated carbocycles. The zero-order valence-corrected chi connectivity index (χ0v) is 10.7. The Morgan fingerprint density at radius 2 is 1.95 bits per heavy atom. The summed E-state index contributed by atoms with van der Waals surface area (Å²) in [4.78, 5) is 18.4. The number of nitrogens with two attached hydrogens (primary N) is 1. The van der Waals surface area contributed by atoms with Crippen LogP contribution < -0.4 is 10.6 Å². The lowest BCUT2D eigenvalue weighted by Gasteiger charge is -2.34. The summed E-state index contributed by atoms with van der Waals surface area (Å²) < 4.78 is 37.9. The van der Waals surface area contributed by atoms with Crippen molar-refractivity contribution in [1.29, 1.82) is 0 Å².